The second-order valence-corrected chi connectivity index (χ2v) is 8.49. The Morgan fingerprint density at radius 1 is 1.11 bits per heavy atom. The number of rotatable bonds is 4. The molecule has 0 unspecified atom stereocenters. The molecule has 0 atom stereocenters. The molecule has 142 valence electrons. The number of thioether (sulfide) groups is 1. The summed E-state index contributed by atoms with van der Waals surface area (Å²) in [6, 6.07) is 11.0. The average Bonchev–Trinajstić information content (AvgIpc) is 3.14. The topological polar surface area (TPSA) is 57.3 Å². The van der Waals surface area contributed by atoms with Crippen molar-refractivity contribution in [2.45, 2.75) is 43.0 Å². The van der Waals surface area contributed by atoms with Gasteiger partial charge in [-0.25, -0.2) is 14.4 Å². The van der Waals surface area contributed by atoms with Crippen molar-refractivity contribution in [2.24, 2.45) is 0 Å². The van der Waals surface area contributed by atoms with Gasteiger partial charge in [-0.15, -0.1) is 23.1 Å². The fourth-order valence-electron chi connectivity index (χ4n) is 3.55. The van der Waals surface area contributed by atoms with Crippen molar-refractivity contribution in [3.8, 4) is 21.7 Å². The highest BCUT2D eigenvalue weighted by atomic mass is 32.2. The van der Waals surface area contributed by atoms with Crippen LogP contribution in [0, 0.1) is 5.82 Å². The molecule has 0 amide bonds. The van der Waals surface area contributed by atoms with E-state index in [0.29, 0.717) is 11.5 Å². The van der Waals surface area contributed by atoms with Gasteiger partial charge in [0.2, 0.25) is 0 Å². The minimum absolute atomic E-state index is 0. The molecule has 1 aliphatic rings. The summed E-state index contributed by atoms with van der Waals surface area (Å²) in [7, 11) is 0. The third-order valence-electron chi connectivity index (χ3n) is 4.93. The number of halogens is 1. The summed E-state index contributed by atoms with van der Waals surface area (Å²) in [6.45, 7) is 0. The van der Waals surface area contributed by atoms with Gasteiger partial charge in [0.25, 0.3) is 0 Å². The van der Waals surface area contributed by atoms with Crippen LogP contribution in [-0.4, -0.2) is 21.7 Å². The van der Waals surface area contributed by atoms with Crippen LogP contribution in [0.4, 0.5) is 4.39 Å². The smallest absolute Gasteiger partial charge is 0.132 e. The predicted molar refractivity (Wildman–Crippen MR) is 112 cm³/mol. The van der Waals surface area contributed by atoms with Gasteiger partial charge in [-0.1, -0.05) is 31.4 Å². The predicted octanol–water partition coefficient (Wildman–Crippen LogP) is 5.96. The summed E-state index contributed by atoms with van der Waals surface area (Å²) in [5.41, 5.74) is 2.43. The number of benzene rings is 1. The largest absolute Gasteiger partial charge is 0.412 e. The molecule has 6 heteroatoms. The highest BCUT2D eigenvalue weighted by Gasteiger charge is 2.24. The van der Waals surface area contributed by atoms with E-state index in [1.165, 1.54) is 38.2 Å². The number of pyridine rings is 1. The lowest BCUT2D eigenvalue weighted by Crippen LogP contribution is -2.03. The van der Waals surface area contributed by atoms with E-state index in [1.54, 1.807) is 29.2 Å². The highest BCUT2D eigenvalue weighted by Crippen LogP contribution is 2.43. The van der Waals surface area contributed by atoms with Gasteiger partial charge in [0.1, 0.15) is 5.82 Å². The molecular weight excluding hydrogens is 379 g/mol. The summed E-state index contributed by atoms with van der Waals surface area (Å²) >= 11 is 3.34. The van der Waals surface area contributed by atoms with E-state index < -0.39 is 0 Å². The van der Waals surface area contributed by atoms with Gasteiger partial charge < -0.3 is 5.48 Å². The Labute approximate surface area is 167 Å². The van der Waals surface area contributed by atoms with Crippen LogP contribution in [0.25, 0.3) is 21.7 Å². The Hall–Kier alpha value is -1.76. The molecule has 1 aliphatic carbocycles. The summed E-state index contributed by atoms with van der Waals surface area (Å²) in [6.07, 6.45) is 10.1. The van der Waals surface area contributed by atoms with E-state index in [2.05, 4.69) is 11.1 Å². The number of nitrogens with zero attached hydrogens (tertiary/aromatic N) is 2. The molecule has 0 radical (unpaired) electrons. The van der Waals surface area contributed by atoms with Crippen LogP contribution in [0.5, 0.6) is 0 Å². The van der Waals surface area contributed by atoms with Crippen LogP contribution in [0.15, 0.2) is 47.6 Å². The zero-order valence-corrected chi connectivity index (χ0v) is 16.9. The number of aromatic nitrogens is 2. The molecule has 0 aliphatic heterocycles. The van der Waals surface area contributed by atoms with Crippen molar-refractivity contribution in [1.82, 2.24) is 9.97 Å². The first-order chi connectivity index (χ1) is 12.8. The second kappa shape index (κ2) is 8.95. The number of thiazole rings is 1. The number of hydrogen-bond acceptors (Lipinski definition) is 4. The lowest BCUT2D eigenvalue weighted by molar-refractivity contribution is 0.442. The minimum Gasteiger partial charge on any atom is -0.412 e. The lowest BCUT2D eigenvalue weighted by atomic mass is 9.90. The summed E-state index contributed by atoms with van der Waals surface area (Å²) in [5.74, 6) is 0.295. The molecule has 1 saturated carbocycles. The Bertz CT molecular complexity index is 907. The van der Waals surface area contributed by atoms with Crippen molar-refractivity contribution in [3.63, 3.8) is 0 Å². The molecule has 3 aromatic rings. The molecule has 3 nitrogen and oxygen atoms in total. The molecule has 4 rings (SSSR count). The first kappa shape index (κ1) is 20.0. The summed E-state index contributed by atoms with van der Waals surface area (Å²) in [5, 5.41) is 2.12. The van der Waals surface area contributed by atoms with Crippen LogP contribution in [0.3, 0.4) is 0 Å². The fraction of sp³-hybridized carbons (Fsp3) is 0.333. The first-order valence-electron chi connectivity index (χ1n) is 9.02. The molecule has 2 N–H and O–H groups in total. The van der Waals surface area contributed by atoms with Crippen molar-refractivity contribution in [1.29, 1.82) is 0 Å². The van der Waals surface area contributed by atoms with Crippen LogP contribution >= 0.6 is 23.1 Å². The molecular formula is C21H23FN2OS2. The van der Waals surface area contributed by atoms with E-state index >= 15 is 0 Å². The Morgan fingerprint density at radius 3 is 2.63 bits per heavy atom. The van der Waals surface area contributed by atoms with Crippen molar-refractivity contribution >= 4 is 23.1 Å². The standard InChI is InChI=1S/C21H21FN2S2.H2O/c1-25-18-13-15(11-12-23-18)20-19(16-9-5-6-10-17(16)22)24-21(26-20)14-7-3-2-4-8-14;/h5-6,9-14H,2-4,7-8H2,1H3;1H2. The van der Waals surface area contributed by atoms with Gasteiger partial charge in [-0.2, -0.15) is 0 Å². The van der Waals surface area contributed by atoms with Crippen molar-refractivity contribution < 1.29 is 9.87 Å². The Morgan fingerprint density at radius 2 is 1.89 bits per heavy atom. The SMILES string of the molecule is CSc1cc(-c2sc(C3CCCCC3)nc2-c2ccccc2F)ccn1.O. The molecule has 1 fully saturated rings. The van der Waals surface area contributed by atoms with E-state index in [9.17, 15) is 4.39 Å². The Balaban J connectivity index is 0.00000210. The van der Waals surface area contributed by atoms with E-state index in [-0.39, 0.29) is 11.3 Å². The van der Waals surface area contributed by atoms with Crippen molar-refractivity contribution in [2.75, 3.05) is 6.26 Å². The maximum atomic E-state index is 14.5. The highest BCUT2D eigenvalue weighted by molar-refractivity contribution is 7.98. The van der Waals surface area contributed by atoms with Gasteiger partial charge in [0.15, 0.2) is 0 Å². The molecule has 2 heterocycles. The minimum atomic E-state index is -0.214. The molecule has 27 heavy (non-hydrogen) atoms. The summed E-state index contributed by atoms with van der Waals surface area (Å²) in [4.78, 5) is 10.4. The van der Waals surface area contributed by atoms with Gasteiger partial charge in [-0.05, 0) is 48.9 Å². The number of hydrogen-bond donors (Lipinski definition) is 0. The summed E-state index contributed by atoms with van der Waals surface area (Å²) < 4.78 is 14.5. The van der Waals surface area contributed by atoms with Crippen LogP contribution < -0.4 is 0 Å². The van der Waals surface area contributed by atoms with Gasteiger partial charge in [0.05, 0.1) is 20.6 Å². The van der Waals surface area contributed by atoms with E-state index in [1.807, 2.05) is 30.7 Å². The molecule has 0 bridgehead atoms. The second-order valence-electron chi connectivity index (χ2n) is 6.63. The van der Waals surface area contributed by atoms with Crippen molar-refractivity contribution in [3.05, 3.63) is 53.4 Å². The van der Waals surface area contributed by atoms with E-state index in [4.69, 9.17) is 4.98 Å². The molecule has 2 aromatic heterocycles. The van der Waals surface area contributed by atoms with Gasteiger partial charge >= 0.3 is 0 Å². The monoisotopic (exact) mass is 402 g/mol. The van der Waals surface area contributed by atoms with Crippen LogP contribution in [-0.2, 0) is 0 Å². The van der Waals surface area contributed by atoms with E-state index in [0.717, 1.165) is 26.2 Å². The Kier molecular flexibility index (Phi) is 6.63. The lowest BCUT2D eigenvalue weighted by Gasteiger charge is -2.18. The third kappa shape index (κ3) is 4.23. The fourth-order valence-corrected chi connectivity index (χ4v) is 5.21. The molecule has 0 spiro atoms. The maximum Gasteiger partial charge on any atom is 0.132 e. The normalized spacial score (nSPS) is 14.7. The quantitative estimate of drug-likeness (QED) is 0.506. The van der Waals surface area contributed by atoms with Gasteiger partial charge in [0, 0.05) is 17.7 Å². The molecule has 1 aromatic carbocycles. The first-order valence-corrected chi connectivity index (χ1v) is 11.1. The molecule has 0 saturated heterocycles. The van der Waals surface area contributed by atoms with Gasteiger partial charge in [-0.3, -0.25) is 0 Å². The van der Waals surface area contributed by atoms with Crippen LogP contribution in [0.2, 0.25) is 0 Å². The maximum absolute atomic E-state index is 14.5. The van der Waals surface area contributed by atoms with Crippen LogP contribution in [0.1, 0.15) is 43.0 Å². The third-order valence-corrected chi connectivity index (χ3v) is 6.84. The zero-order valence-electron chi connectivity index (χ0n) is 15.2. The average molecular weight is 403 g/mol. The zero-order chi connectivity index (χ0) is 17.9.